The Morgan fingerprint density at radius 2 is 1.80 bits per heavy atom. The molecule has 1 saturated carbocycles. The third kappa shape index (κ3) is 5.14. The van der Waals surface area contributed by atoms with Gasteiger partial charge in [0, 0.05) is 19.0 Å². The molecule has 0 unspecified atom stereocenters. The molecule has 2 rings (SSSR count). The van der Waals surface area contributed by atoms with Gasteiger partial charge in [-0.05, 0) is 44.2 Å². The minimum absolute atomic E-state index is 0. The lowest BCUT2D eigenvalue weighted by atomic mass is 9.82. The average molecular weight is 297 g/mol. The number of hydrogen-bond acceptors (Lipinski definition) is 2. The first kappa shape index (κ1) is 17.0. The van der Waals surface area contributed by atoms with E-state index >= 15 is 0 Å². The lowest BCUT2D eigenvalue weighted by Crippen LogP contribution is -2.38. The summed E-state index contributed by atoms with van der Waals surface area (Å²) in [6, 6.07) is 11.1. The van der Waals surface area contributed by atoms with E-state index in [1.54, 1.807) is 0 Å². The molecule has 112 valence electrons. The van der Waals surface area contributed by atoms with Gasteiger partial charge in [0.25, 0.3) is 0 Å². The van der Waals surface area contributed by atoms with Crippen LogP contribution in [0.3, 0.4) is 0 Å². The van der Waals surface area contributed by atoms with Crippen LogP contribution in [0.4, 0.5) is 0 Å². The van der Waals surface area contributed by atoms with E-state index in [-0.39, 0.29) is 18.3 Å². The second kappa shape index (κ2) is 8.98. The Kier molecular flexibility index (Phi) is 7.63. The van der Waals surface area contributed by atoms with Crippen LogP contribution in [0.5, 0.6) is 0 Å². The van der Waals surface area contributed by atoms with Crippen LogP contribution in [-0.2, 0) is 4.79 Å². The molecule has 1 fully saturated rings. The summed E-state index contributed by atoms with van der Waals surface area (Å²) in [4.78, 5) is 11.7. The minimum atomic E-state index is 0. The molecule has 0 radical (unpaired) electrons. The predicted molar refractivity (Wildman–Crippen MR) is 85.4 cm³/mol. The van der Waals surface area contributed by atoms with Gasteiger partial charge in [0.15, 0.2) is 0 Å². The van der Waals surface area contributed by atoms with E-state index in [9.17, 15) is 4.79 Å². The van der Waals surface area contributed by atoms with Gasteiger partial charge in [0.1, 0.15) is 0 Å². The highest BCUT2D eigenvalue weighted by Gasteiger charge is 2.22. The molecule has 1 aromatic carbocycles. The van der Waals surface area contributed by atoms with E-state index < -0.39 is 0 Å². The van der Waals surface area contributed by atoms with Gasteiger partial charge in [0.05, 0.1) is 0 Å². The lowest BCUT2D eigenvalue weighted by molar-refractivity contribution is -0.121. The van der Waals surface area contributed by atoms with Crippen molar-refractivity contribution in [1.29, 1.82) is 0 Å². The van der Waals surface area contributed by atoms with E-state index in [4.69, 9.17) is 0 Å². The first-order chi connectivity index (χ1) is 9.29. The summed E-state index contributed by atoms with van der Waals surface area (Å²) >= 11 is 0. The number of amides is 1. The largest absolute Gasteiger partial charge is 0.353 e. The second-order valence-electron chi connectivity index (χ2n) is 5.38. The fourth-order valence-corrected chi connectivity index (χ4v) is 2.83. The van der Waals surface area contributed by atoms with E-state index in [1.807, 2.05) is 7.05 Å². The van der Waals surface area contributed by atoms with Crippen LogP contribution in [-0.4, -0.2) is 25.5 Å². The van der Waals surface area contributed by atoms with Gasteiger partial charge in [0.2, 0.25) is 5.91 Å². The zero-order chi connectivity index (χ0) is 13.5. The molecule has 3 nitrogen and oxygen atoms in total. The Labute approximate surface area is 127 Å². The third-order valence-corrected chi connectivity index (χ3v) is 3.97. The molecule has 2 N–H and O–H groups in total. The van der Waals surface area contributed by atoms with E-state index in [2.05, 4.69) is 41.0 Å². The molecule has 1 aliphatic carbocycles. The maximum Gasteiger partial charge on any atom is 0.221 e. The Morgan fingerprint density at radius 1 is 1.15 bits per heavy atom. The first-order valence-corrected chi connectivity index (χ1v) is 7.28. The van der Waals surface area contributed by atoms with Crippen LogP contribution in [0.15, 0.2) is 30.3 Å². The van der Waals surface area contributed by atoms with Crippen molar-refractivity contribution >= 4 is 18.3 Å². The molecule has 0 aromatic heterocycles. The molecule has 0 atom stereocenters. The van der Waals surface area contributed by atoms with Gasteiger partial charge in [-0.3, -0.25) is 4.79 Å². The van der Waals surface area contributed by atoms with Gasteiger partial charge in [-0.15, -0.1) is 12.4 Å². The molecule has 0 aliphatic heterocycles. The maximum atomic E-state index is 11.7. The minimum Gasteiger partial charge on any atom is -0.353 e. The summed E-state index contributed by atoms with van der Waals surface area (Å²) in [7, 11) is 1.87. The van der Waals surface area contributed by atoms with Gasteiger partial charge in [-0.1, -0.05) is 30.3 Å². The zero-order valence-corrected chi connectivity index (χ0v) is 12.9. The number of nitrogens with one attached hydrogen (secondary N) is 2. The summed E-state index contributed by atoms with van der Waals surface area (Å²) in [5.74, 6) is 0.851. The molecule has 1 amide bonds. The van der Waals surface area contributed by atoms with Crippen LogP contribution in [0.25, 0.3) is 0 Å². The van der Waals surface area contributed by atoms with Crippen molar-refractivity contribution in [3.63, 3.8) is 0 Å². The summed E-state index contributed by atoms with van der Waals surface area (Å²) in [6.45, 7) is 0.755. The molecular weight excluding hydrogens is 272 g/mol. The SMILES string of the molecule is CNCCC(=O)NC1CCC(c2ccccc2)CC1.Cl. The van der Waals surface area contributed by atoms with Crippen molar-refractivity contribution in [3.8, 4) is 0 Å². The monoisotopic (exact) mass is 296 g/mol. The number of hydrogen-bond donors (Lipinski definition) is 2. The maximum absolute atomic E-state index is 11.7. The van der Waals surface area contributed by atoms with Crippen LogP contribution >= 0.6 is 12.4 Å². The Hall–Kier alpha value is -1.06. The van der Waals surface area contributed by atoms with Crippen LogP contribution in [0, 0.1) is 0 Å². The number of carbonyl (C=O) groups excluding carboxylic acids is 1. The van der Waals surface area contributed by atoms with Crippen LogP contribution in [0.2, 0.25) is 0 Å². The zero-order valence-electron chi connectivity index (χ0n) is 12.1. The average Bonchev–Trinajstić information content (AvgIpc) is 2.47. The summed E-state index contributed by atoms with van der Waals surface area (Å²) in [6.07, 6.45) is 5.15. The summed E-state index contributed by atoms with van der Waals surface area (Å²) in [5, 5.41) is 6.15. The van der Waals surface area contributed by atoms with Gasteiger partial charge < -0.3 is 10.6 Å². The van der Waals surface area contributed by atoms with E-state index in [0.717, 1.165) is 19.4 Å². The molecule has 1 aromatic rings. The van der Waals surface area contributed by atoms with E-state index in [1.165, 1.54) is 18.4 Å². The van der Waals surface area contributed by atoms with Gasteiger partial charge in [-0.25, -0.2) is 0 Å². The highest BCUT2D eigenvalue weighted by atomic mass is 35.5. The molecule has 0 spiro atoms. The number of benzene rings is 1. The molecule has 20 heavy (non-hydrogen) atoms. The van der Waals surface area contributed by atoms with Gasteiger partial charge in [-0.2, -0.15) is 0 Å². The summed E-state index contributed by atoms with van der Waals surface area (Å²) < 4.78 is 0. The third-order valence-electron chi connectivity index (χ3n) is 3.97. The highest BCUT2D eigenvalue weighted by molar-refractivity contribution is 5.85. The van der Waals surface area contributed by atoms with Crippen molar-refractivity contribution in [2.24, 2.45) is 0 Å². The second-order valence-corrected chi connectivity index (χ2v) is 5.38. The molecule has 0 heterocycles. The van der Waals surface area contributed by atoms with Crippen molar-refractivity contribution in [1.82, 2.24) is 10.6 Å². The fourth-order valence-electron chi connectivity index (χ4n) is 2.83. The van der Waals surface area contributed by atoms with Crippen molar-refractivity contribution < 1.29 is 4.79 Å². The number of carbonyl (C=O) groups is 1. The fraction of sp³-hybridized carbons (Fsp3) is 0.562. The smallest absolute Gasteiger partial charge is 0.221 e. The quantitative estimate of drug-likeness (QED) is 0.877. The summed E-state index contributed by atoms with van der Waals surface area (Å²) in [5.41, 5.74) is 1.45. The normalized spacial score (nSPS) is 21.9. The molecule has 0 saturated heterocycles. The first-order valence-electron chi connectivity index (χ1n) is 7.28. The highest BCUT2D eigenvalue weighted by Crippen LogP contribution is 2.32. The Morgan fingerprint density at radius 3 is 2.40 bits per heavy atom. The van der Waals surface area contributed by atoms with Crippen molar-refractivity contribution in [3.05, 3.63) is 35.9 Å². The lowest BCUT2D eigenvalue weighted by Gasteiger charge is -2.29. The van der Waals surface area contributed by atoms with Crippen LogP contribution in [0.1, 0.15) is 43.6 Å². The Balaban J connectivity index is 0.00000200. The molecule has 4 heteroatoms. The predicted octanol–water partition coefficient (Wildman–Crippen LogP) is 2.86. The molecular formula is C16H25ClN2O. The Bertz CT molecular complexity index is 389. The number of rotatable bonds is 5. The topological polar surface area (TPSA) is 41.1 Å². The van der Waals surface area contributed by atoms with Gasteiger partial charge >= 0.3 is 0 Å². The van der Waals surface area contributed by atoms with Crippen molar-refractivity contribution in [2.75, 3.05) is 13.6 Å². The van der Waals surface area contributed by atoms with Crippen molar-refractivity contribution in [2.45, 2.75) is 44.1 Å². The number of halogens is 1. The van der Waals surface area contributed by atoms with Crippen LogP contribution < -0.4 is 10.6 Å². The molecule has 1 aliphatic rings. The van der Waals surface area contributed by atoms with E-state index in [0.29, 0.717) is 18.4 Å². The standard InChI is InChI=1S/C16H24N2O.ClH/c1-17-12-11-16(19)18-15-9-7-14(8-10-15)13-5-3-2-4-6-13;/h2-6,14-15,17H,7-12H2,1H3,(H,18,19);1H. The molecule has 0 bridgehead atoms.